The molecule has 1 saturated heterocycles. The van der Waals surface area contributed by atoms with Crippen molar-refractivity contribution in [2.75, 3.05) is 19.6 Å². The van der Waals surface area contributed by atoms with E-state index in [9.17, 15) is 0 Å². The van der Waals surface area contributed by atoms with Gasteiger partial charge in [-0.05, 0) is 54.3 Å². The van der Waals surface area contributed by atoms with Gasteiger partial charge in [0.25, 0.3) is 0 Å². The molecule has 84 valence electrons. The van der Waals surface area contributed by atoms with Gasteiger partial charge >= 0.3 is 0 Å². The Labute approximate surface area is 104 Å². The second kappa shape index (κ2) is 4.95. The van der Waals surface area contributed by atoms with Crippen molar-refractivity contribution in [2.24, 2.45) is 11.7 Å². The highest BCUT2D eigenvalue weighted by atomic mass is 79.9. The molecule has 1 aromatic rings. The summed E-state index contributed by atoms with van der Waals surface area (Å²) in [6, 6.07) is 2.25. The van der Waals surface area contributed by atoms with Gasteiger partial charge < -0.3 is 5.73 Å². The number of rotatable bonds is 3. The zero-order valence-electron chi connectivity index (χ0n) is 9.00. The quantitative estimate of drug-likeness (QED) is 0.926. The molecule has 1 aromatic heterocycles. The zero-order chi connectivity index (χ0) is 10.8. The molecule has 1 aliphatic rings. The molecule has 0 bridgehead atoms. The summed E-state index contributed by atoms with van der Waals surface area (Å²) in [5.41, 5.74) is 5.69. The van der Waals surface area contributed by atoms with E-state index in [2.05, 4.69) is 33.8 Å². The van der Waals surface area contributed by atoms with Gasteiger partial charge in [0.1, 0.15) is 0 Å². The summed E-state index contributed by atoms with van der Waals surface area (Å²) in [6.45, 7) is 6.46. The Morgan fingerprint density at radius 3 is 3.00 bits per heavy atom. The Morgan fingerprint density at radius 2 is 2.47 bits per heavy atom. The van der Waals surface area contributed by atoms with Gasteiger partial charge in [-0.15, -0.1) is 11.3 Å². The van der Waals surface area contributed by atoms with Gasteiger partial charge in [-0.25, -0.2) is 0 Å². The average Bonchev–Trinajstić information content (AvgIpc) is 2.76. The van der Waals surface area contributed by atoms with E-state index in [1.54, 1.807) is 0 Å². The molecular weight excluding hydrogens is 272 g/mol. The van der Waals surface area contributed by atoms with Gasteiger partial charge in [0.2, 0.25) is 0 Å². The zero-order valence-corrected chi connectivity index (χ0v) is 11.4. The van der Waals surface area contributed by atoms with Crippen LogP contribution < -0.4 is 5.73 Å². The topological polar surface area (TPSA) is 29.3 Å². The molecule has 1 unspecified atom stereocenters. The van der Waals surface area contributed by atoms with E-state index in [0.29, 0.717) is 0 Å². The third kappa shape index (κ3) is 2.81. The lowest BCUT2D eigenvalue weighted by Gasteiger charge is -2.13. The molecule has 0 amide bonds. The van der Waals surface area contributed by atoms with Crippen molar-refractivity contribution < 1.29 is 0 Å². The molecule has 1 fully saturated rings. The van der Waals surface area contributed by atoms with Gasteiger partial charge in [0.15, 0.2) is 0 Å². The number of hydrogen-bond donors (Lipinski definition) is 1. The van der Waals surface area contributed by atoms with Crippen LogP contribution in [-0.4, -0.2) is 24.5 Å². The van der Waals surface area contributed by atoms with E-state index in [-0.39, 0.29) is 0 Å². The first-order chi connectivity index (χ1) is 7.19. The van der Waals surface area contributed by atoms with Crippen LogP contribution in [0.4, 0.5) is 0 Å². The Bertz CT molecular complexity index is 318. The van der Waals surface area contributed by atoms with E-state index in [1.165, 1.54) is 33.7 Å². The highest BCUT2D eigenvalue weighted by molar-refractivity contribution is 9.10. The van der Waals surface area contributed by atoms with E-state index >= 15 is 0 Å². The molecule has 0 saturated carbocycles. The Morgan fingerprint density at radius 1 is 1.67 bits per heavy atom. The normalized spacial score (nSPS) is 22.5. The van der Waals surface area contributed by atoms with E-state index in [1.807, 2.05) is 11.3 Å². The number of hydrogen-bond acceptors (Lipinski definition) is 3. The van der Waals surface area contributed by atoms with Crippen LogP contribution in [0.25, 0.3) is 0 Å². The summed E-state index contributed by atoms with van der Waals surface area (Å²) in [5, 5.41) is 0. The Balaban J connectivity index is 1.92. The molecule has 0 aliphatic carbocycles. The molecule has 1 atom stereocenters. The minimum atomic E-state index is 0.717. The molecule has 4 heteroatoms. The van der Waals surface area contributed by atoms with Gasteiger partial charge in [-0.2, -0.15) is 0 Å². The predicted octanol–water partition coefficient (Wildman–Crippen LogP) is 2.60. The summed E-state index contributed by atoms with van der Waals surface area (Å²) in [7, 11) is 0. The molecule has 15 heavy (non-hydrogen) atoms. The van der Waals surface area contributed by atoms with Crippen LogP contribution in [0.1, 0.15) is 16.2 Å². The van der Waals surface area contributed by atoms with Gasteiger partial charge in [-0.3, -0.25) is 4.90 Å². The molecule has 0 radical (unpaired) electrons. The van der Waals surface area contributed by atoms with Crippen LogP contribution in [0.3, 0.4) is 0 Å². The van der Waals surface area contributed by atoms with Crippen molar-refractivity contribution in [3.05, 3.63) is 20.3 Å². The first-order valence-electron chi connectivity index (χ1n) is 5.36. The van der Waals surface area contributed by atoms with Crippen molar-refractivity contribution >= 4 is 27.3 Å². The maximum absolute atomic E-state index is 5.69. The van der Waals surface area contributed by atoms with Crippen molar-refractivity contribution in [1.82, 2.24) is 4.90 Å². The van der Waals surface area contributed by atoms with Crippen LogP contribution >= 0.6 is 27.3 Å². The summed E-state index contributed by atoms with van der Waals surface area (Å²) in [4.78, 5) is 5.34. The fraction of sp³-hybridized carbons (Fsp3) is 0.636. The lowest BCUT2D eigenvalue weighted by Crippen LogP contribution is -2.22. The highest BCUT2D eigenvalue weighted by Gasteiger charge is 2.21. The van der Waals surface area contributed by atoms with Crippen LogP contribution in [0.15, 0.2) is 10.5 Å². The third-order valence-electron chi connectivity index (χ3n) is 2.99. The molecule has 0 aromatic carbocycles. The Kier molecular flexibility index (Phi) is 3.83. The second-order valence-electron chi connectivity index (χ2n) is 4.24. The predicted molar refractivity (Wildman–Crippen MR) is 69.2 cm³/mol. The van der Waals surface area contributed by atoms with Crippen molar-refractivity contribution in [3.8, 4) is 0 Å². The summed E-state index contributed by atoms with van der Waals surface area (Å²) in [5.74, 6) is 0.717. The number of halogens is 1. The molecule has 2 nitrogen and oxygen atoms in total. The molecule has 0 spiro atoms. The minimum Gasteiger partial charge on any atom is -0.330 e. The SMILES string of the molecule is Cc1sc(CN2CCC(CN)C2)cc1Br. The highest BCUT2D eigenvalue weighted by Crippen LogP contribution is 2.28. The second-order valence-corrected chi connectivity index (χ2v) is 6.44. The first-order valence-corrected chi connectivity index (χ1v) is 6.97. The van der Waals surface area contributed by atoms with Crippen molar-refractivity contribution in [3.63, 3.8) is 0 Å². The van der Waals surface area contributed by atoms with Gasteiger partial charge in [0, 0.05) is 27.3 Å². The minimum absolute atomic E-state index is 0.717. The van der Waals surface area contributed by atoms with Crippen LogP contribution in [0.2, 0.25) is 0 Å². The number of thiophene rings is 1. The monoisotopic (exact) mass is 288 g/mol. The number of likely N-dealkylation sites (tertiary alicyclic amines) is 1. The fourth-order valence-electron chi connectivity index (χ4n) is 2.06. The molecule has 2 rings (SSSR count). The number of nitrogens with zero attached hydrogens (tertiary/aromatic N) is 1. The van der Waals surface area contributed by atoms with Crippen LogP contribution in [-0.2, 0) is 6.54 Å². The fourth-order valence-corrected chi connectivity index (χ4v) is 3.71. The third-order valence-corrected chi connectivity index (χ3v) is 5.11. The van der Waals surface area contributed by atoms with Crippen molar-refractivity contribution in [1.29, 1.82) is 0 Å². The van der Waals surface area contributed by atoms with Crippen LogP contribution in [0.5, 0.6) is 0 Å². The van der Waals surface area contributed by atoms with Crippen molar-refractivity contribution in [2.45, 2.75) is 19.9 Å². The molecule has 2 heterocycles. The maximum atomic E-state index is 5.69. The summed E-state index contributed by atoms with van der Waals surface area (Å²) < 4.78 is 1.25. The summed E-state index contributed by atoms with van der Waals surface area (Å²) in [6.07, 6.45) is 1.27. The maximum Gasteiger partial charge on any atom is 0.0328 e. The molecular formula is C11H17BrN2S. The lowest BCUT2D eigenvalue weighted by molar-refractivity contribution is 0.320. The van der Waals surface area contributed by atoms with Crippen LogP contribution in [0, 0.1) is 12.8 Å². The summed E-state index contributed by atoms with van der Waals surface area (Å²) >= 11 is 5.45. The Hall–Kier alpha value is 0.100. The van der Waals surface area contributed by atoms with E-state index in [4.69, 9.17) is 5.73 Å². The standard InChI is InChI=1S/C11H17BrN2S/c1-8-11(12)4-10(15-8)7-14-3-2-9(5-13)6-14/h4,9H,2-3,5-7,13H2,1H3. The average molecular weight is 289 g/mol. The number of aryl methyl sites for hydroxylation is 1. The number of nitrogens with two attached hydrogens (primary N) is 1. The molecule has 1 aliphatic heterocycles. The van der Waals surface area contributed by atoms with E-state index < -0.39 is 0 Å². The lowest BCUT2D eigenvalue weighted by atomic mass is 10.1. The smallest absolute Gasteiger partial charge is 0.0328 e. The van der Waals surface area contributed by atoms with E-state index in [0.717, 1.165) is 19.0 Å². The molecule has 2 N–H and O–H groups in total. The van der Waals surface area contributed by atoms with Gasteiger partial charge in [-0.1, -0.05) is 0 Å². The largest absolute Gasteiger partial charge is 0.330 e. The first kappa shape index (κ1) is 11.6. The van der Waals surface area contributed by atoms with Gasteiger partial charge in [0.05, 0.1) is 0 Å².